The van der Waals surface area contributed by atoms with E-state index in [0.717, 1.165) is 23.4 Å². The monoisotopic (exact) mass is 249 g/mol. The molecule has 0 spiro atoms. The molecule has 3 nitrogen and oxygen atoms in total. The van der Waals surface area contributed by atoms with Crippen molar-refractivity contribution in [1.29, 1.82) is 0 Å². The van der Waals surface area contributed by atoms with E-state index in [4.69, 9.17) is 5.73 Å². The highest BCUT2D eigenvalue weighted by Gasteiger charge is 2.07. The molecule has 19 heavy (non-hydrogen) atoms. The van der Waals surface area contributed by atoms with Gasteiger partial charge < -0.3 is 5.73 Å². The lowest BCUT2D eigenvalue weighted by Gasteiger charge is -2.08. The van der Waals surface area contributed by atoms with Crippen LogP contribution in [-0.2, 0) is 6.42 Å². The van der Waals surface area contributed by atoms with Crippen LogP contribution in [0.15, 0.2) is 48.5 Å². The van der Waals surface area contributed by atoms with Crippen LogP contribution in [0.25, 0.3) is 22.0 Å². The van der Waals surface area contributed by atoms with Gasteiger partial charge in [-0.15, -0.1) is 0 Å². The smallest absolute Gasteiger partial charge is 0.220 e. The van der Waals surface area contributed by atoms with Gasteiger partial charge in [0.1, 0.15) is 0 Å². The van der Waals surface area contributed by atoms with E-state index in [1.54, 1.807) is 0 Å². The number of anilines is 1. The number of nitrogens with two attached hydrogens (primary N) is 1. The number of aromatic nitrogens is 2. The van der Waals surface area contributed by atoms with Crippen molar-refractivity contribution in [2.45, 2.75) is 13.3 Å². The molecule has 2 N–H and O–H groups in total. The van der Waals surface area contributed by atoms with Gasteiger partial charge in [-0.25, -0.2) is 9.97 Å². The number of aryl methyl sites for hydroxylation is 1. The highest BCUT2D eigenvalue weighted by atomic mass is 15.0. The molecule has 0 saturated heterocycles. The van der Waals surface area contributed by atoms with Crippen LogP contribution in [0.4, 0.5) is 5.95 Å². The Morgan fingerprint density at radius 3 is 2.63 bits per heavy atom. The molecule has 0 aliphatic carbocycles. The van der Waals surface area contributed by atoms with E-state index in [9.17, 15) is 0 Å². The first-order chi connectivity index (χ1) is 9.28. The summed E-state index contributed by atoms with van der Waals surface area (Å²) in [6.45, 7) is 2.06. The molecule has 0 aliphatic heterocycles. The molecular weight excluding hydrogens is 234 g/mol. The molecule has 0 radical (unpaired) electrons. The number of nitrogen functional groups attached to an aromatic ring is 1. The zero-order chi connectivity index (χ0) is 13.2. The van der Waals surface area contributed by atoms with Crippen molar-refractivity contribution in [3.05, 3.63) is 54.2 Å². The summed E-state index contributed by atoms with van der Waals surface area (Å²) in [6.07, 6.45) is 0.852. The molecule has 3 aromatic rings. The summed E-state index contributed by atoms with van der Waals surface area (Å²) >= 11 is 0. The molecule has 3 heteroatoms. The lowest BCUT2D eigenvalue weighted by atomic mass is 10.0. The summed E-state index contributed by atoms with van der Waals surface area (Å²) in [7, 11) is 0. The molecule has 0 bridgehead atoms. The summed E-state index contributed by atoms with van der Waals surface area (Å²) in [5.41, 5.74) is 8.75. The second-order valence-electron chi connectivity index (χ2n) is 4.48. The van der Waals surface area contributed by atoms with Crippen LogP contribution < -0.4 is 5.73 Å². The molecule has 1 heterocycles. The van der Waals surface area contributed by atoms with Gasteiger partial charge >= 0.3 is 0 Å². The summed E-state index contributed by atoms with van der Waals surface area (Å²) in [5.74, 6) is 0.335. The molecule has 0 aliphatic rings. The zero-order valence-corrected chi connectivity index (χ0v) is 10.8. The highest BCUT2D eigenvalue weighted by Crippen LogP contribution is 2.27. The third-order valence-electron chi connectivity index (χ3n) is 3.22. The molecule has 2 aromatic carbocycles. The average Bonchev–Trinajstić information content (AvgIpc) is 2.46. The quantitative estimate of drug-likeness (QED) is 0.757. The van der Waals surface area contributed by atoms with E-state index < -0.39 is 0 Å². The van der Waals surface area contributed by atoms with Crippen molar-refractivity contribution in [3.63, 3.8) is 0 Å². The number of hydrogen-bond acceptors (Lipinski definition) is 3. The second-order valence-corrected chi connectivity index (χ2v) is 4.48. The Morgan fingerprint density at radius 2 is 1.79 bits per heavy atom. The van der Waals surface area contributed by atoms with E-state index in [1.807, 2.05) is 24.3 Å². The normalized spacial score (nSPS) is 10.8. The number of rotatable bonds is 2. The number of nitrogens with zero attached hydrogens (tertiary/aromatic N) is 2. The molecule has 1 aromatic heterocycles. The largest absolute Gasteiger partial charge is 0.368 e. The van der Waals surface area contributed by atoms with Crippen molar-refractivity contribution in [3.8, 4) is 11.3 Å². The van der Waals surface area contributed by atoms with Crippen LogP contribution in [-0.4, -0.2) is 9.97 Å². The Labute approximate surface area is 112 Å². The van der Waals surface area contributed by atoms with Crippen LogP contribution >= 0.6 is 0 Å². The average molecular weight is 249 g/mol. The first-order valence-corrected chi connectivity index (χ1v) is 6.39. The van der Waals surface area contributed by atoms with Gasteiger partial charge in [0.15, 0.2) is 0 Å². The maximum absolute atomic E-state index is 5.79. The first-order valence-electron chi connectivity index (χ1n) is 6.39. The van der Waals surface area contributed by atoms with E-state index in [0.29, 0.717) is 5.95 Å². The van der Waals surface area contributed by atoms with Gasteiger partial charge in [0, 0.05) is 11.3 Å². The summed E-state index contributed by atoms with van der Waals surface area (Å²) in [5, 5.41) is 2.39. The maximum atomic E-state index is 5.79. The maximum Gasteiger partial charge on any atom is 0.220 e. The van der Waals surface area contributed by atoms with E-state index in [-0.39, 0.29) is 0 Å². The Bertz CT molecular complexity index is 730. The fourth-order valence-corrected chi connectivity index (χ4v) is 2.29. The lowest BCUT2D eigenvalue weighted by Crippen LogP contribution is -2.00. The van der Waals surface area contributed by atoms with Crippen molar-refractivity contribution in [2.24, 2.45) is 0 Å². The van der Waals surface area contributed by atoms with Gasteiger partial charge in [-0.1, -0.05) is 49.4 Å². The zero-order valence-electron chi connectivity index (χ0n) is 10.8. The molecule has 0 saturated carbocycles. The molecule has 3 rings (SSSR count). The van der Waals surface area contributed by atoms with Gasteiger partial charge in [-0.2, -0.15) is 0 Å². The Morgan fingerprint density at radius 1 is 1.00 bits per heavy atom. The van der Waals surface area contributed by atoms with E-state index in [2.05, 4.69) is 41.2 Å². The van der Waals surface area contributed by atoms with E-state index >= 15 is 0 Å². The van der Waals surface area contributed by atoms with Crippen molar-refractivity contribution in [1.82, 2.24) is 9.97 Å². The fourth-order valence-electron chi connectivity index (χ4n) is 2.29. The van der Waals surface area contributed by atoms with Gasteiger partial charge in [0.25, 0.3) is 0 Å². The topological polar surface area (TPSA) is 51.8 Å². The summed E-state index contributed by atoms with van der Waals surface area (Å²) in [6, 6.07) is 16.5. The molecule has 0 atom stereocenters. The Balaban J connectivity index is 2.27. The third kappa shape index (κ3) is 2.15. The third-order valence-corrected chi connectivity index (χ3v) is 3.22. The first kappa shape index (κ1) is 11.7. The van der Waals surface area contributed by atoms with Gasteiger partial charge in [0.05, 0.1) is 5.69 Å². The van der Waals surface area contributed by atoms with Crippen LogP contribution in [0.2, 0.25) is 0 Å². The van der Waals surface area contributed by atoms with Crippen LogP contribution in [0, 0.1) is 0 Å². The van der Waals surface area contributed by atoms with Gasteiger partial charge in [-0.3, -0.25) is 0 Å². The predicted octanol–water partition coefficient (Wildman–Crippen LogP) is 3.44. The number of benzene rings is 2. The molecule has 94 valence electrons. The van der Waals surface area contributed by atoms with Crippen molar-refractivity contribution >= 4 is 16.7 Å². The minimum Gasteiger partial charge on any atom is -0.368 e. The SMILES string of the molecule is CCc1cc(-c2cccc3ccccc23)nc(N)n1. The predicted molar refractivity (Wildman–Crippen MR) is 78.8 cm³/mol. The molecule has 0 amide bonds. The number of fused-ring (bicyclic) bond motifs is 1. The van der Waals surface area contributed by atoms with E-state index in [1.165, 1.54) is 10.8 Å². The van der Waals surface area contributed by atoms with Crippen LogP contribution in [0.1, 0.15) is 12.6 Å². The second kappa shape index (κ2) is 4.69. The van der Waals surface area contributed by atoms with Crippen molar-refractivity contribution in [2.75, 3.05) is 5.73 Å². The minimum absolute atomic E-state index is 0.335. The minimum atomic E-state index is 0.335. The van der Waals surface area contributed by atoms with Crippen LogP contribution in [0.5, 0.6) is 0 Å². The highest BCUT2D eigenvalue weighted by molar-refractivity contribution is 5.95. The summed E-state index contributed by atoms with van der Waals surface area (Å²) in [4.78, 5) is 8.59. The Hall–Kier alpha value is -2.42. The van der Waals surface area contributed by atoms with Gasteiger partial charge in [-0.05, 0) is 23.3 Å². The molecule has 0 fully saturated rings. The number of hydrogen-bond donors (Lipinski definition) is 1. The van der Waals surface area contributed by atoms with Gasteiger partial charge in [0.2, 0.25) is 5.95 Å². The lowest BCUT2D eigenvalue weighted by molar-refractivity contribution is 1.01. The van der Waals surface area contributed by atoms with Crippen LogP contribution in [0.3, 0.4) is 0 Å². The molecule has 0 unspecified atom stereocenters. The van der Waals surface area contributed by atoms with Crippen molar-refractivity contribution < 1.29 is 0 Å². The standard InChI is InChI=1S/C16H15N3/c1-2-12-10-15(19-16(17)18-12)14-9-5-7-11-6-3-4-8-13(11)14/h3-10H,2H2,1H3,(H2,17,18,19). The molecular formula is C16H15N3. The fraction of sp³-hybridized carbons (Fsp3) is 0.125. The summed E-state index contributed by atoms with van der Waals surface area (Å²) < 4.78 is 0. The Kier molecular flexibility index (Phi) is 2.88.